The number of carbonyl (C=O) groups is 1. The van der Waals surface area contributed by atoms with Crippen molar-refractivity contribution in [1.29, 1.82) is 0 Å². The second kappa shape index (κ2) is 9.30. The Labute approximate surface area is 202 Å². The lowest BCUT2D eigenvalue weighted by Crippen LogP contribution is -2.31. The van der Waals surface area contributed by atoms with E-state index in [1.807, 2.05) is 55.5 Å². The quantitative estimate of drug-likeness (QED) is 0.435. The van der Waals surface area contributed by atoms with Gasteiger partial charge in [-0.1, -0.05) is 12.1 Å². The summed E-state index contributed by atoms with van der Waals surface area (Å²) in [6, 6.07) is 18.2. The van der Waals surface area contributed by atoms with E-state index in [1.54, 1.807) is 43.4 Å². The standard InChI is InChI=1S/C26H24N6O3/c1-16-22(25(33)29-19-5-4-14-27-15-19)23(17-6-10-20(34-2)11-7-17)32-26(28-16)30-24(31-32)18-8-12-21(35-3)13-9-18/h4-15,23H,1-3H3,(H,29,33)(H,28,30,31)/t23-/m1/s1. The first-order chi connectivity index (χ1) is 17.1. The van der Waals surface area contributed by atoms with Crippen LogP contribution in [0.2, 0.25) is 0 Å². The highest BCUT2D eigenvalue weighted by molar-refractivity contribution is 6.05. The minimum Gasteiger partial charge on any atom is -0.497 e. The van der Waals surface area contributed by atoms with Crippen molar-refractivity contribution in [3.63, 3.8) is 0 Å². The Morgan fingerprint density at radius 1 is 1.00 bits per heavy atom. The molecule has 2 aromatic heterocycles. The fourth-order valence-corrected chi connectivity index (χ4v) is 4.04. The predicted molar refractivity (Wildman–Crippen MR) is 132 cm³/mol. The summed E-state index contributed by atoms with van der Waals surface area (Å²) in [4.78, 5) is 22.3. The summed E-state index contributed by atoms with van der Waals surface area (Å²) in [5, 5.41) is 11.0. The number of nitrogens with one attached hydrogen (secondary N) is 2. The Kier molecular flexibility index (Phi) is 5.88. The van der Waals surface area contributed by atoms with E-state index < -0.39 is 6.04 Å². The van der Waals surface area contributed by atoms with Crippen LogP contribution in [-0.4, -0.2) is 39.9 Å². The fraction of sp³-hybridized carbons (Fsp3) is 0.154. The molecule has 0 saturated heterocycles. The number of methoxy groups -OCH3 is 2. The minimum absolute atomic E-state index is 0.254. The number of pyridine rings is 1. The van der Waals surface area contributed by atoms with Gasteiger partial charge in [0.05, 0.1) is 31.7 Å². The van der Waals surface area contributed by atoms with Gasteiger partial charge in [-0.3, -0.25) is 9.78 Å². The van der Waals surface area contributed by atoms with Crippen molar-refractivity contribution in [1.82, 2.24) is 19.7 Å². The average Bonchev–Trinajstić information content (AvgIpc) is 3.32. The summed E-state index contributed by atoms with van der Waals surface area (Å²) in [6.07, 6.45) is 3.26. The number of fused-ring (bicyclic) bond motifs is 1. The minimum atomic E-state index is -0.506. The molecular formula is C26H24N6O3. The second-order valence-electron chi connectivity index (χ2n) is 7.97. The predicted octanol–water partition coefficient (Wildman–Crippen LogP) is 4.28. The fourth-order valence-electron chi connectivity index (χ4n) is 4.04. The molecule has 1 aliphatic rings. The van der Waals surface area contributed by atoms with E-state index >= 15 is 0 Å². The highest BCUT2D eigenvalue weighted by Gasteiger charge is 2.34. The molecule has 0 bridgehead atoms. The number of amides is 1. The molecule has 0 unspecified atom stereocenters. The molecule has 1 aliphatic heterocycles. The van der Waals surface area contributed by atoms with Gasteiger partial charge in [0.2, 0.25) is 5.95 Å². The Morgan fingerprint density at radius 3 is 2.31 bits per heavy atom. The Balaban J connectivity index is 1.58. The van der Waals surface area contributed by atoms with Crippen LogP contribution in [0.15, 0.2) is 84.3 Å². The normalized spacial score (nSPS) is 14.7. The topological polar surface area (TPSA) is 103 Å². The monoisotopic (exact) mass is 468 g/mol. The molecule has 0 fully saturated rings. The van der Waals surface area contributed by atoms with Crippen LogP contribution < -0.4 is 20.1 Å². The molecule has 1 atom stereocenters. The van der Waals surface area contributed by atoms with Gasteiger partial charge < -0.3 is 20.1 Å². The van der Waals surface area contributed by atoms with Crippen molar-refractivity contribution < 1.29 is 14.3 Å². The zero-order valence-corrected chi connectivity index (χ0v) is 19.5. The smallest absolute Gasteiger partial charge is 0.255 e. The first kappa shape index (κ1) is 22.1. The summed E-state index contributed by atoms with van der Waals surface area (Å²) in [5.41, 5.74) is 3.53. The highest BCUT2D eigenvalue weighted by Crippen LogP contribution is 2.37. The number of allylic oxidation sites excluding steroid dienone is 1. The molecule has 35 heavy (non-hydrogen) atoms. The number of carbonyl (C=O) groups excluding carboxylic acids is 1. The maximum absolute atomic E-state index is 13.5. The van der Waals surface area contributed by atoms with Gasteiger partial charge in [-0.15, -0.1) is 5.10 Å². The van der Waals surface area contributed by atoms with Crippen molar-refractivity contribution >= 4 is 17.5 Å². The van der Waals surface area contributed by atoms with E-state index in [-0.39, 0.29) is 5.91 Å². The van der Waals surface area contributed by atoms with Crippen LogP contribution in [0, 0.1) is 0 Å². The molecule has 0 spiro atoms. The van der Waals surface area contributed by atoms with E-state index in [0.29, 0.717) is 28.7 Å². The molecule has 5 rings (SSSR count). The maximum atomic E-state index is 13.5. The molecule has 0 radical (unpaired) electrons. The van der Waals surface area contributed by atoms with E-state index in [9.17, 15) is 4.79 Å². The number of anilines is 2. The number of benzene rings is 2. The molecule has 2 aromatic carbocycles. The first-order valence-corrected chi connectivity index (χ1v) is 11.0. The van der Waals surface area contributed by atoms with Crippen LogP contribution in [0.3, 0.4) is 0 Å². The summed E-state index contributed by atoms with van der Waals surface area (Å²) in [6.45, 7) is 1.86. The third-order valence-electron chi connectivity index (χ3n) is 5.80. The maximum Gasteiger partial charge on any atom is 0.255 e. The molecule has 0 aliphatic carbocycles. The van der Waals surface area contributed by atoms with Crippen molar-refractivity contribution in [3.8, 4) is 22.9 Å². The van der Waals surface area contributed by atoms with Crippen molar-refractivity contribution in [3.05, 3.63) is 89.9 Å². The van der Waals surface area contributed by atoms with Crippen LogP contribution in [0.5, 0.6) is 11.5 Å². The lowest BCUT2D eigenvalue weighted by Gasteiger charge is -2.28. The average molecular weight is 469 g/mol. The first-order valence-electron chi connectivity index (χ1n) is 11.0. The third-order valence-corrected chi connectivity index (χ3v) is 5.80. The number of rotatable bonds is 6. The van der Waals surface area contributed by atoms with Gasteiger partial charge in [0.25, 0.3) is 5.91 Å². The molecule has 9 heteroatoms. The van der Waals surface area contributed by atoms with Gasteiger partial charge in [-0.05, 0) is 61.0 Å². The van der Waals surface area contributed by atoms with Gasteiger partial charge in [0.1, 0.15) is 17.5 Å². The van der Waals surface area contributed by atoms with E-state index in [4.69, 9.17) is 19.6 Å². The molecule has 4 aromatic rings. The Morgan fingerprint density at radius 2 is 1.69 bits per heavy atom. The van der Waals surface area contributed by atoms with Gasteiger partial charge in [0.15, 0.2) is 5.82 Å². The summed E-state index contributed by atoms with van der Waals surface area (Å²) < 4.78 is 12.3. The summed E-state index contributed by atoms with van der Waals surface area (Å²) >= 11 is 0. The Bertz CT molecular complexity index is 1380. The Hall–Kier alpha value is -4.66. The van der Waals surface area contributed by atoms with Crippen LogP contribution in [0.1, 0.15) is 18.5 Å². The highest BCUT2D eigenvalue weighted by atomic mass is 16.5. The van der Waals surface area contributed by atoms with Crippen molar-refractivity contribution in [2.24, 2.45) is 0 Å². The molecule has 9 nitrogen and oxygen atoms in total. The third kappa shape index (κ3) is 4.31. The van der Waals surface area contributed by atoms with Crippen LogP contribution in [-0.2, 0) is 4.79 Å². The number of hydrogen-bond donors (Lipinski definition) is 2. The molecule has 0 saturated carbocycles. The van der Waals surface area contributed by atoms with Gasteiger partial charge in [0, 0.05) is 17.5 Å². The van der Waals surface area contributed by atoms with Gasteiger partial charge >= 0.3 is 0 Å². The molecule has 176 valence electrons. The van der Waals surface area contributed by atoms with E-state index in [0.717, 1.165) is 22.6 Å². The molecular weight excluding hydrogens is 444 g/mol. The SMILES string of the molecule is COc1ccc(-c2nc3n(n2)[C@H](c2ccc(OC)cc2)C(C(=O)Nc2cccnc2)=C(C)N3)cc1. The zero-order chi connectivity index (χ0) is 24.4. The van der Waals surface area contributed by atoms with E-state index in [1.165, 1.54) is 0 Å². The van der Waals surface area contributed by atoms with Crippen LogP contribution in [0.25, 0.3) is 11.4 Å². The zero-order valence-electron chi connectivity index (χ0n) is 19.5. The summed E-state index contributed by atoms with van der Waals surface area (Å²) in [5.74, 6) is 2.31. The van der Waals surface area contributed by atoms with Crippen LogP contribution >= 0.6 is 0 Å². The number of ether oxygens (including phenoxy) is 2. The number of nitrogens with zero attached hydrogens (tertiary/aromatic N) is 4. The molecule has 1 amide bonds. The van der Waals surface area contributed by atoms with Crippen molar-refractivity contribution in [2.75, 3.05) is 24.9 Å². The largest absolute Gasteiger partial charge is 0.497 e. The molecule has 3 heterocycles. The van der Waals surface area contributed by atoms with Gasteiger partial charge in [-0.25, -0.2) is 4.68 Å². The number of aromatic nitrogens is 4. The lowest BCUT2D eigenvalue weighted by molar-refractivity contribution is -0.113. The van der Waals surface area contributed by atoms with E-state index in [2.05, 4.69) is 15.6 Å². The number of hydrogen-bond acceptors (Lipinski definition) is 7. The second-order valence-corrected chi connectivity index (χ2v) is 7.97. The summed E-state index contributed by atoms with van der Waals surface area (Å²) in [7, 11) is 3.24. The van der Waals surface area contributed by atoms with Crippen LogP contribution in [0.4, 0.5) is 11.6 Å². The van der Waals surface area contributed by atoms with Crippen molar-refractivity contribution in [2.45, 2.75) is 13.0 Å². The lowest BCUT2D eigenvalue weighted by atomic mass is 9.95. The van der Waals surface area contributed by atoms with Gasteiger partial charge in [-0.2, -0.15) is 4.98 Å². The molecule has 2 N–H and O–H groups in total.